The maximum atomic E-state index is 13.5. The maximum absolute atomic E-state index is 13.5. The Balaban J connectivity index is 1.63. The van der Waals surface area contributed by atoms with Gasteiger partial charge in [0.1, 0.15) is 0 Å². The molecule has 0 bridgehead atoms. The molecule has 1 N–H and O–H groups in total. The maximum Gasteiger partial charge on any atom is 0.251 e. The van der Waals surface area contributed by atoms with E-state index in [1.807, 2.05) is 19.1 Å². The summed E-state index contributed by atoms with van der Waals surface area (Å²) in [4.78, 5) is 31.2. The van der Waals surface area contributed by atoms with Crippen LogP contribution in [0.1, 0.15) is 81.1 Å². The van der Waals surface area contributed by atoms with Crippen LogP contribution in [0.4, 0.5) is 5.69 Å². The number of hydrogen-bond acceptors (Lipinski definition) is 4. The molecule has 5 nitrogen and oxygen atoms in total. The molecular formula is C31H43N3O2. The zero-order valence-corrected chi connectivity index (χ0v) is 22.6. The molecule has 0 atom stereocenters. The van der Waals surface area contributed by atoms with Gasteiger partial charge in [0, 0.05) is 48.4 Å². The first-order valence-electron chi connectivity index (χ1n) is 13.8. The fraction of sp³-hybridized carbons (Fsp3) is 0.548. The van der Waals surface area contributed by atoms with Crippen molar-refractivity contribution in [2.24, 2.45) is 0 Å². The summed E-state index contributed by atoms with van der Waals surface area (Å²) in [5.74, 6) is 0.0629. The second kappa shape index (κ2) is 12.1. The van der Waals surface area contributed by atoms with E-state index in [1.165, 1.54) is 31.4 Å². The normalized spacial score (nSPS) is 24.5. The van der Waals surface area contributed by atoms with Crippen LogP contribution in [0.15, 0.2) is 53.1 Å². The van der Waals surface area contributed by atoms with E-state index in [0.29, 0.717) is 25.0 Å². The molecule has 0 radical (unpaired) electrons. The van der Waals surface area contributed by atoms with Crippen molar-refractivity contribution in [3.8, 4) is 0 Å². The predicted octanol–water partition coefficient (Wildman–Crippen LogP) is 5.61. The van der Waals surface area contributed by atoms with Crippen molar-refractivity contribution in [1.29, 1.82) is 0 Å². The lowest BCUT2D eigenvalue weighted by Gasteiger charge is -2.40. The number of ketones is 1. The Morgan fingerprint density at radius 2 is 1.78 bits per heavy atom. The van der Waals surface area contributed by atoms with Gasteiger partial charge < -0.3 is 15.1 Å². The largest absolute Gasteiger partial charge is 0.369 e. The lowest BCUT2D eigenvalue weighted by Crippen LogP contribution is -2.42. The van der Waals surface area contributed by atoms with Crippen LogP contribution in [0.2, 0.25) is 0 Å². The number of allylic oxidation sites excluding steroid dienone is 5. The number of nitrogens with one attached hydrogen (secondary N) is 1. The first-order chi connectivity index (χ1) is 17.4. The molecular weight excluding hydrogens is 446 g/mol. The zero-order chi connectivity index (χ0) is 25.7. The molecule has 0 spiro atoms. The molecule has 3 aliphatic rings. The summed E-state index contributed by atoms with van der Waals surface area (Å²) < 4.78 is 0. The molecule has 5 heteroatoms. The van der Waals surface area contributed by atoms with Crippen LogP contribution < -0.4 is 10.2 Å². The van der Waals surface area contributed by atoms with Crippen LogP contribution in [-0.2, 0) is 11.2 Å². The molecule has 1 fully saturated rings. The van der Waals surface area contributed by atoms with Crippen molar-refractivity contribution in [3.05, 3.63) is 64.3 Å². The van der Waals surface area contributed by atoms with Gasteiger partial charge in [0.2, 0.25) is 0 Å². The van der Waals surface area contributed by atoms with E-state index >= 15 is 0 Å². The highest BCUT2D eigenvalue weighted by molar-refractivity contribution is 6.02. The van der Waals surface area contributed by atoms with Crippen molar-refractivity contribution < 1.29 is 9.59 Å². The van der Waals surface area contributed by atoms with Gasteiger partial charge in [-0.05, 0) is 103 Å². The second-order valence-corrected chi connectivity index (χ2v) is 10.9. The third-order valence-corrected chi connectivity index (χ3v) is 8.20. The third-order valence-electron chi connectivity index (χ3n) is 8.20. The van der Waals surface area contributed by atoms with Crippen molar-refractivity contribution in [2.45, 2.75) is 83.7 Å². The summed E-state index contributed by atoms with van der Waals surface area (Å²) in [7, 11) is 4.37. The lowest BCUT2D eigenvalue weighted by atomic mass is 9.88. The van der Waals surface area contributed by atoms with E-state index in [1.54, 1.807) is 0 Å². The van der Waals surface area contributed by atoms with Crippen molar-refractivity contribution in [2.75, 3.05) is 32.1 Å². The molecule has 0 saturated heterocycles. The Bertz CT molecular complexity index is 1060. The molecule has 0 aromatic heterocycles. The number of nitrogens with zero attached hydrogens (tertiary/aromatic N) is 2. The number of hydrogen-bond donors (Lipinski definition) is 1. The van der Waals surface area contributed by atoms with Crippen LogP contribution >= 0.6 is 0 Å². The van der Waals surface area contributed by atoms with Gasteiger partial charge in [-0.15, -0.1) is 0 Å². The Hall–Kier alpha value is -2.66. The van der Waals surface area contributed by atoms with E-state index < -0.39 is 0 Å². The standard InChI is InChI=1S/C31H43N3O2/c1-5-34(25-17-15-24(16-18-25)33(3)4)29-14-10-13-27-26(29)12-9-7-6-8-11-23-19-22(2)20-30(35)28(23)21-32-31(27)36/h7,9-10,13-14,19,24-25H,5-6,8,11-12,15-18,20-21H2,1-4H3,(H,32,36)/b9-7+. The summed E-state index contributed by atoms with van der Waals surface area (Å²) in [6, 6.07) is 7.32. The van der Waals surface area contributed by atoms with Gasteiger partial charge in [-0.3, -0.25) is 9.59 Å². The molecule has 0 unspecified atom stereocenters. The smallest absolute Gasteiger partial charge is 0.251 e. The first kappa shape index (κ1) is 26.4. The third kappa shape index (κ3) is 6.00. The number of carbonyl (C=O) groups excluding carboxylic acids is 2. The van der Waals surface area contributed by atoms with Gasteiger partial charge in [0.25, 0.3) is 5.91 Å². The summed E-state index contributed by atoms with van der Waals surface area (Å²) in [6.45, 7) is 5.48. The summed E-state index contributed by atoms with van der Waals surface area (Å²) in [5, 5.41) is 3.11. The molecule has 36 heavy (non-hydrogen) atoms. The van der Waals surface area contributed by atoms with Gasteiger partial charge in [0.05, 0.1) is 0 Å². The minimum absolute atomic E-state index is 0.0854. The number of carbonyl (C=O) groups is 2. The lowest BCUT2D eigenvalue weighted by molar-refractivity contribution is -0.115. The van der Waals surface area contributed by atoms with E-state index in [4.69, 9.17) is 0 Å². The number of fused-ring (bicyclic) bond motifs is 1. The quantitative estimate of drug-likeness (QED) is 0.558. The molecule has 194 valence electrons. The van der Waals surface area contributed by atoms with Gasteiger partial charge in [-0.1, -0.05) is 29.9 Å². The summed E-state index contributed by atoms with van der Waals surface area (Å²) in [5.41, 5.74) is 6.00. The van der Waals surface area contributed by atoms with Crippen LogP contribution in [0.25, 0.3) is 0 Å². The summed E-state index contributed by atoms with van der Waals surface area (Å²) >= 11 is 0. The van der Waals surface area contributed by atoms with Gasteiger partial charge in [-0.25, -0.2) is 0 Å². The highest BCUT2D eigenvalue weighted by Crippen LogP contribution is 2.33. The minimum Gasteiger partial charge on any atom is -0.369 e. The Kier molecular flexibility index (Phi) is 8.84. The molecule has 1 aromatic carbocycles. The summed E-state index contributed by atoms with van der Waals surface area (Å²) in [6.07, 6.45) is 15.5. The number of Topliss-reactive ketones (excluding diaryl/α,β-unsaturated/α-hetero) is 1. The van der Waals surface area contributed by atoms with E-state index in [0.717, 1.165) is 60.1 Å². The highest BCUT2D eigenvalue weighted by atomic mass is 16.2. The van der Waals surface area contributed by atoms with Gasteiger partial charge >= 0.3 is 0 Å². The van der Waals surface area contributed by atoms with Crippen molar-refractivity contribution in [3.63, 3.8) is 0 Å². The predicted molar refractivity (Wildman–Crippen MR) is 149 cm³/mol. The fourth-order valence-corrected chi connectivity index (χ4v) is 6.19. The number of rotatable bonds is 4. The highest BCUT2D eigenvalue weighted by Gasteiger charge is 2.28. The first-order valence-corrected chi connectivity index (χ1v) is 13.8. The molecule has 1 aromatic rings. The molecule has 1 amide bonds. The number of amides is 1. The average molecular weight is 490 g/mol. The van der Waals surface area contributed by atoms with Gasteiger partial charge in [-0.2, -0.15) is 0 Å². The molecule has 1 aliphatic heterocycles. The molecule has 1 saturated carbocycles. The molecule has 2 aliphatic carbocycles. The van der Waals surface area contributed by atoms with Crippen molar-refractivity contribution in [1.82, 2.24) is 10.2 Å². The number of anilines is 1. The Labute approximate surface area is 217 Å². The SMILES string of the molecule is CCN(c1cccc2c1C/C=C/CCCC1=C(CNC2=O)C(=O)CC(C)=C1)C1CCC(N(C)C)CC1. The second-order valence-electron chi connectivity index (χ2n) is 10.9. The Morgan fingerprint density at radius 1 is 1.03 bits per heavy atom. The van der Waals surface area contributed by atoms with E-state index in [9.17, 15) is 9.59 Å². The van der Waals surface area contributed by atoms with E-state index in [2.05, 4.69) is 60.4 Å². The number of benzene rings is 1. The van der Waals surface area contributed by atoms with Crippen LogP contribution in [-0.4, -0.2) is 55.9 Å². The van der Waals surface area contributed by atoms with Crippen LogP contribution in [0.5, 0.6) is 0 Å². The average Bonchev–Trinajstić information content (AvgIpc) is 2.87. The zero-order valence-electron chi connectivity index (χ0n) is 22.6. The Morgan fingerprint density at radius 3 is 2.50 bits per heavy atom. The molecule has 1 heterocycles. The van der Waals surface area contributed by atoms with E-state index in [-0.39, 0.29) is 11.7 Å². The topological polar surface area (TPSA) is 52.7 Å². The van der Waals surface area contributed by atoms with Crippen LogP contribution in [0.3, 0.4) is 0 Å². The fourth-order valence-electron chi connectivity index (χ4n) is 6.19. The van der Waals surface area contributed by atoms with Gasteiger partial charge in [0.15, 0.2) is 5.78 Å². The molecule has 4 rings (SSSR count). The monoisotopic (exact) mass is 489 g/mol. The van der Waals surface area contributed by atoms with Crippen molar-refractivity contribution >= 4 is 17.4 Å². The minimum atomic E-state index is -0.0854. The van der Waals surface area contributed by atoms with Crippen LogP contribution in [0, 0.1) is 0 Å².